The first-order valence-electron chi connectivity index (χ1n) is 6.75. The summed E-state index contributed by atoms with van der Waals surface area (Å²) in [7, 11) is -1.56. The van der Waals surface area contributed by atoms with Crippen LogP contribution in [0, 0.1) is 0 Å². The molecule has 6 nitrogen and oxygen atoms in total. The molecule has 114 valence electrons. The van der Waals surface area contributed by atoms with E-state index in [1.807, 2.05) is 7.05 Å². The Kier molecular flexibility index (Phi) is 6.54. The second kappa shape index (κ2) is 7.68. The van der Waals surface area contributed by atoms with Gasteiger partial charge in [-0.15, -0.1) is 0 Å². The summed E-state index contributed by atoms with van der Waals surface area (Å²) in [5, 5.41) is 0.0286. The van der Waals surface area contributed by atoms with Gasteiger partial charge in [0, 0.05) is 31.9 Å². The Morgan fingerprint density at radius 3 is 2.65 bits per heavy atom. The van der Waals surface area contributed by atoms with Crippen LogP contribution in [0.1, 0.15) is 25.8 Å². The zero-order valence-electron chi connectivity index (χ0n) is 12.3. The summed E-state index contributed by atoms with van der Waals surface area (Å²) in [6, 6.07) is 3.58. The van der Waals surface area contributed by atoms with Crippen LogP contribution in [0.3, 0.4) is 0 Å². The maximum atomic E-state index is 12.0. The lowest BCUT2D eigenvalue weighted by molar-refractivity contribution is 0.256. The van der Waals surface area contributed by atoms with Crippen molar-refractivity contribution in [3.63, 3.8) is 0 Å². The van der Waals surface area contributed by atoms with Gasteiger partial charge in [-0.3, -0.25) is 0 Å². The van der Waals surface area contributed by atoms with E-state index in [1.54, 1.807) is 6.07 Å². The maximum Gasteiger partial charge on any atom is 0.258 e. The summed E-state index contributed by atoms with van der Waals surface area (Å²) in [5.41, 5.74) is 6.26. The highest BCUT2D eigenvalue weighted by molar-refractivity contribution is 7.89. The van der Waals surface area contributed by atoms with Crippen LogP contribution < -0.4 is 10.5 Å². The van der Waals surface area contributed by atoms with Crippen molar-refractivity contribution in [3.05, 3.63) is 23.9 Å². The minimum Gasteiger partial charge on any atom is -0.326 e. The van der Waals surface area contributed by atoms with Crippen molar-refractivity contribution in [3.8, 4) is 0 Å². The molecule has 20 heavy (non-hydrogen) atoms. The second-order valence-corrected chi connectivity index (χ2v) is 6.56. The summed E-state index contributed by atoms with van der Waals surface area (Å²) in [5.74, 6) is 0. The van der Waals surface area contributed by atoms with E-state index in [0.29, 0.717) is 25.7 Å². The lowest BCUT2D eigenvalue weighted by atomic mass is 10.2. The highest BCUT2D eigenvalue weighted by atomic mass is 32.2. The number of nitrogens with zero attached hydrogens (tertiary/aromatic N) is 2. The molecule has 1 aromatic heterocycles. The van der Waals surface area contributed by atoms with E-state index in [1.165, 1.54) is 12.3 Å². The highest BCUT2D eigenvalue weighted by Gasteiger charge is 2.15. The smallest absolute Gasteiger partial charge is 0.258 e. The van der Waals surface area contributed by atoms with Crippen LogP contribution in [-0.2, 0) is 16.6 Å². The first-order valence-corrected chi connectivity index (χ1v) is 8.24. The Labute approximate surface area is 121 Å². The number of aromatic nitrogens is 1. The molecule has 0 aliphatic carbocycles. The van der Waals surface area contributed by atoms with Crippen molar-refractivity contribution in [2.45, 2.75) is 37.9 Å². The average molecular weight is 300 g/mol. The van der Waals surface area contributed by atoms with Crippen molar-refractivity contribution in [2.24, 2.45) is 5.73 Å². The molecule has 1 heterocycles. The van der Waals surface area contributed by atoms with Crippen LogP contribution in [-0.4, -0.2) is 44.5 Å². The monoisotopic (exact) mass is 300 g/mol. The predicted molar refractivity (Wildman–Crippen MR) is 79.7 cm³/mol. The molecule has 0 saturated carbocycles. The number of sulfonamides is 1. The van der Waals surface area contributed by atoms with E-state index in [9.17, 15) is 8.42 Å². The number of hydrogen-bond acceptors (Lipinski definition) is 5. The molecule has 0 aliphatic rings. The fraction of sp³-hybridized carbons (Fsp3) is 0.615. The molecule has 0 aliphatic heterocycles. The summed E-state index contributed by atoms with van der Waals surface area (Å²) < 4.78 is 26.6. The maximum absolute atomic E-state index is 12.0. The van der Waals surface area contributed by atoms with Crippen LogP contribution in [0.4, 0.5) is 0 Å². The molecule has 1 atom stereocenters. The largest absolute Gasteiger partial charge is 0.326 e. The van der Waals surface area contributed by atoms with Crippen molar-refractivity contribution < 1.29 is 8.42 Å². The Morgan fingerprint density at radius 2 is 2.15 bits per heavy atom. The molecule has 1 rings (SSSR count). The molecule has 3 N–H and O–H groups in total. The molecule has 0 saturated heterocycles. The molecule has 0 bridgehead atoms. The molecule has 1 unspecified atom stereocenters. The van der Waals surface area contributed by atoms with Gasteiger partial charge in [0.05, 0.1) is 0 Å². The molecule has 0 fully saturated rings. The van der Waals surface area contributed by atoms with E-state index in [4.69, 9.17) is 5.73 Å². The fourth-order valence-corrected chi connectivity index (χ4v) is 2.60. The first kappa shape index (κ1) is 17.0. The minimum absolute atomic E-state index is 0.0286. The summed E-state index contributed by atoms with van der Waals surface area (Å²) in [6.45, 7) is 5.59. The van der Waals surface area contributed by atoms with Gasteiger partial charge in [-0.05, 0) is 32.0 Å². The van der Waals surface area contributed by atoms with Crippen molar-refractivity contribution in [2.75, 3.05) is 20.1 Å². The summed E-state index contributed by atoms with van der Waals surface area (Å²) in [6.07, 6.45) is 2.52. The van der Waals surface area contributed by atoms with Crippen molar-refractivity contribution in [1.29, 1.82) is 0 Å². The zero-order valence-corrected chi connectivity index (χ0v) is 13.2. The van der Waals surface area contributed by atoms with E-state index in [2.05, 4.69) is 28.5 Å². The zero-order chi connectivity index (χ0) is 15.2. The third-order valence-corrected chi connectivity index (χ3v) is 4.78. The Morgan fingerprint density at radius 1 is 1.45 bits per heavy atom. The predicted octanol–water partition coefficient (Wildman–Crippen LogP) is 0.549. The Balaban J connectivity index is 2.57. The van der Waals surface area contributed by atoms with Gasteiger partial charge in [-0.25, -0.2) is 18.1 Å². The lowest BCUT2D eigenvalue weighted by Gasteiger charge is -2.23. The molecular formula is C13H24N4O2S. The topological polar surface area (TPSA) is 88.3 Å². The number of likely N-dealkylation sites (N-methyl/N-ethyl adjacent to an activating group) is 1. The standard InChI is InChI=1S/C13H24N4O2S/c1-4-11(2)17(3)8-7-16-20(18,19)13-6-5-12(9-14)10-15-13/h5-6,10-11,16H,4,7-9,14H2,1-3H3. The lowest BCUT2D eigenvalue weighted by Crippen LogP contribution is -2.37. The van der Waals surface area contributed by atoms with Crippen molar-refractivity contribution in [1.82, 2.24) is 14.6 Å². The molecule has 0 aromatic carbocycles. The van der Waals surface area contributed by atoms with Gasteiger partial charge in [-0.2, -0.15) is 0 Å². The molecule has 7 heteroatoms. The van der Waals surface area contributed by atoms with Gasteiger partial charge in [0.2, 0.25) is 0 Å². The van der Waals surface area contributed by atoms with Gasteiger partial charge >= 0.3 is 0 Å². The van der Waals surface area contributed by atoms with Crippen LogP contribution >= 0.6 is 0 Å². The first-order chi connectivity index (χ1) is 9.40. The van der Waals surface area contributed by atoms with Crippen LogP contribution in [0.5, 0.6) is 0 Å². The third-order valence-electron chi connectivity index (χ3n) is 3.41. The number of rotatable bonds is 8. The highest BCUT2D eigenvalue weighted by Crippen LogP contribution is 2.06. The van der Waals surface area contributed by atoms with Crippen LogP contribution in [0.15, 0.2) is 23.4 Å². The van der Waals surface area contributed by atoms with Crippen LogP contribution in [0.25, 0.3) is 0 Å². The van der Waals surface area contributed by atoms with Gasteiger partial charge in [0.15, 0.2) is 5.03 Å². The molecular weight excluding hydrogens is 276 g/mol. The van der Waals surface area contributed by atoms with Crippen molar-refractivity contribution >= 4 is 10.0 Å². The fourth-order valence-electron chi connectivity index (χ4n) is 1.65. The molecule has 0 spiro atoms. The average Bonchev–Trinajstić information content (AvgIpc) is 2.46. The SMILES string of the molecule is CCC(C)N(C)CCNS(=O)(=O)c1ccc(CN)cn1. The molecule has 0 radical (unpaired) electrons. The van der Waals surface area contributed by atoms with E-state index in [-0.39, 0.29) is 5.03 Å². The number of nitrogens with two attached hydrogens (primary N) is 1. The van der Waals surface area contributed by atoms with Crippen LogP contribution in [0.2, 0.25) is 0 Å². The third kappa shape index (κ3) is 4.82. The summed E-state index contributed by atoms with van der Waals surface area (Å²) in [4.78, 5) is 6.04. The minimum atomic E-state index is -3.54. The van der Waals surface area contributed by atoms with Gasteiger partial charge in [0.25, 0.3) is 10.0 Å². The molecule has 0 amide bonds. The summed E-state index contributed by atoms with van der Waals surface area (Å²) >= 11 is 0. The van der Waals surface area contributed by atoms with E-state index in [0.717, 1.165) is 12.0 Å². The Bertz CT molecular complexity index is 502. The van der Waals surface area contributed by atoms with Gasteiger partial charge in [-0.1, -0.05) is 13.0 Å². The van der Waals surface area contributed by atoms with Gasteiger partial charge in [0.1, 0.15) is 0 Å². The number of hydrogen-bond donors (Lipinski definition) is 2. The number of pyridine rings is 1. The Hall–Kier alpha value is -1.02. The second-order valence-electron chi connectivity index (χ2n) is 4.84. The van der Waals surface area contributed by atoms with E-state index < -0.39 is 10.0 Å². The quantitative estimate of drug-likeness (QED) is 0.732. The normalized spacial score (nSPS) is 13.7. The molecule has 1 aromatic rings. The van der Waals surface area contributed by atoms with Gasteiger partial charge < -0.3 is 10.6 Å². The van der Waals surface area contributed by atoms with E-state index >= 15 is 0 Å². The number of nitrogens with one attached hydrogen (secondary N) is 1.